The summed E-state index contributed by atoms with van der Waals surface area (Å²) in [6.07, 6.45) is 3.84. The van der Waals surface area contributed by atoms with Crippen LogP contribution >= 0.6 is 0 Å². The minimum Gasteiger partial charge on any atom is -0.280 e. The molecule has 0 amide bonds. The molecular weight excluding hydrogens is 106 g/mol. The van der Waals surface area contributed by atoms with E-state index in [2.05, 4.69) is 10.3 Å². The normalized spacial score (nSPS) is 10.4. The second kappa shape index (κ2) is 5.72. The minimum atomic E-state index is 1.18. The van der Waals surface area contributed by atoms with Gasteiger partial charge in [0.15, 0.2) is 0 Å². The van der Waals surface area contributed by atoms with Crippen LogP contribution in [0.5, 0.6) is 0 Å². The van der Waals surface area contributed by atoms with Crippen LogP contribution in [-0.4, -0.2) is 17.4 Å². The van der Waals surface area contributed by atoms with Gasteiger partial charge in [0.2, 0.25) is 0 Å². The standard InChI is InChI=1S/C4H11NOSi/c1-6-5-3-2-4-7/h2-3,5H,4H2,1,7H3. The van der Waals surface area contributed by atoms with Crippen molar-refractivity contribution in [2.75, 3.05) is 7.11 Å². The van der Waals surface area contributed by atoms with Crippen LogP contribution in [0.2, 0.25) is 6.04 Å². The van der Waals surface area contributed by atoms with Crippen LogP contribution in [0.15, 0.2) is 12.3 Å². The zero-order valence-electron chi connectivity index (χ0n) is 4.77. The lowest BCUT2D eigenvalue weighted by atomic mass is 10.7. The Bertz CT molecular complexity index is 55.7. The van der Waals surface area contributed by atoms with Crippen LogP contribution in [0.1, 0.15) is 0 Å². The number of hydroxylamine groups is 1. The lowest BCUT2D eigenvalue weighted by Gasteiger charge is -1.89. The molecule has 42 valence electrons. The van der Waals surface area contributed by atoms with Crippen molar-refractivity contribution >= 4 is 10.2 Å². The first-order chi connectivity index (χ1) is 3.41. The molecule has 0 radical (unpaired) electrons. The number of nitrogens with one attached hydrogen (secondary N) is 1. The maximum atomic E-state index is 4.52. The van der Waals surface area contributed by atoms with E-state index in [0.29, 0.717) is 0 Å². The van der Waals surface area contributed by atoms with Gasteiger partial charge in [-0.2, -0.15) is 0 Å². The number of hydrogen-bond donors (Lipinski definition) is 1. The van der Waals surface area contributed by atoms with Crippen molar-refractivity contribution in [1.82, 2.24) is 5.48 Å². The van der Waals surface area contributed by atoms with Crippen molar-refractivity contribution in [2.45, 2.75) is 6.04 Å². The molecule has 0 atom stereocenters. The molecule has 0 saturated carbocycles. The topological polar surface area (TPSA) is 21.3 Å². The molecule has 0 fully saturated rings. The Morgan fingerprint density at radius 1 is 1.86 bits per heavy atom. The van der Waals surface area contributed by atoms with Gasteiger partial charge in [0.1, 0.15) is 0 Å². The molecule has 0 rings (SSSR count). The molecule has 0 aromatic carbocycles. The zero-order valence-corrected chi connectivity index (χ0v) is 6.77. The van der Waals surface area contributed by atoms with E-state index >= 15 is 0 Å². The van der Waals surface area contributed by atoms with Crippen LogP contribution in [0, 0.1) is 0 Å². The summed E-state index contributed by atoms with van der Waals surface area (Å²) in [6.45, 7) is 0. The highest BCUT2D eigenvalue weighted by Gasteiger charge is 1.62. The van der Waals surface area contributed by atoms with Crippen LogP contribution in [0.4, 0.5) is 0 Å². The molecule has 0 aliphatic heterocycles. The fraction of sp³-hybridized carbons (Fsp3) is 0.500. The van der Waals surface area contributed by atoms with Gasteiger partial charge in [0, 0.05) is 16.4 Å². The Hall–Kier alpha value is -0.283. The Kier molecular flexibility index (Phi) is 5.49. The van der Waals surface area contributed by atoms with Crippen molar-refractivity contribution in [3.63, 3.8) is 0 Å². The number of hydrogen-bond acceptors (Lipinski definition) is 2. The Labute approximate surface area is 46.9 Å². The third-order valence-corrected chi connectivity index (χ3v) is 1.01. The third-order valence-electron chi connectivity index (χ3n) is 0.539. The fourth-order valence-corrected chi connectivity index (χ4v) is 0.470. The van der Waals surface area contributed by atoms with Gasteiger partial charge in [-0.05, 0) is 6.04 Å². The Morgan fingerprint density at radius 3 is 3.00 bits per heavy atom. The highest BCUT2D eigenvalue weighted by Crippen LogP contribution is 1.70. The molecular formula is C4H11NOSi. The smallest absolute Gasteiger partial charge is 0.0636 e. The molecule has 0 heterocycles. The average molecular weight is 117 g/mol. The van der Waals surface area contributed by atoms with E-state index in [4.69, 9.17) is 0 Å². The highest BCUT2D eigenvalue weighted by atomic mass is 28.1. The van der Waals surface area contributed by atoms with E-state index in [0.717, 1.165) is 0 Å². The molecule has 0 aromatic rings. The highest BCUT2D eigenvalue weighted by molar-refractivity contribution is 6.09. The van der Waals surface area contributed by atoms with Gasteiger partial charge < -0.3 is 0 Å². The number of rotatable bonds is 3. The van der Waals surface area contributed by atoms with Gasteiger partial charge in [0.25, 0.3) is 0 Å². The fourth-order valence-electron chi connectivity index (χ4n) is 0.234. The largest absolute Gasteiger partial charge is 0.280 e. The van der Waals surface area contributed by atoms with E-state index in [9.17, 15) is 0 Å². The molecule has 3 heteroatoms. The van der Waals surface area contributed by atoms with Crippen LogP contribution < -0.4 is 5.48 Å². The molecule has 7 heavy (non-hydrogen) atoms. The van der Waals surface area contributed by atoms with Gasteiger partial charge in [-0.1, -0.05) is 6.08 Å². The van der Waals surface area contributed by atoms with Crippen molar-refractivity contribution in [3.05, 3.63) is 12.3 Å². The minimum absolute atomic E-state index is 1.18. The average Bonchev–Trinajstić information content (AvgIpc) is 1.69. The van der Waals surface area contributed by atoms with Crippen molar-refractivity contribution in [3.8, 4) is 0 Å². The SMILES string of the molecule is CONC=CC[SiH3]. The summed E-state index contributed by atoms with van der Waals surface area (Å²) < 4.78 is 0. The monoisotopic (exact) mass is 117 g/mol. The summed E-state index contributed by atoms with van der Waals surface area (Å²) in [5, 5.41) is 0. The lowest BCUT2D eigenvalue weighted by molar-refractivity contribution is 0.128. The summed E-state index contributed by atoms with van der Waals surface area (Å²) in [7, 11) is 2.82. The van der Waals surface area contributed by atoms with E-state index in [1.165, 1.54) is 16.3 Å². The third kappa shape index (κ3) is 5.72. The van der Waals surface area contributed by atoms with E-state index < -0.39 is 0 Å². The van der Waals surface area contributed by atoms with Crippen LogP contribution in [0.3, 0.4) is 0 Å². The maximum Gasteiger partial charge on any atom is 0.0636 e. The number of allylic oxidation sites excluding steroid dienone is 1. The van der Waals surface area contributed by atoms with Crippen molar-refractivity contribution in [1.29, 1.82) is 0 Å². The molecule has 0 bridgehead atoms. The molecule has 2 nitrogen and oxygen atoms in total. The first-order valence-electron chi connectivity index (χ1n) is 2.35. The predicted molar refractivity (Wildman–Crippen MR) is 34.0 cm³/mol. The summed E-state index contributed by atoms with van der Waals surface area (Å²) in [4.78, 5) is 4.52. The predicted octanol–water partition coefficient (Wildman–Crippen LogP) is -0.565. The molecule has 1 N–H and O–H groups in total. The van der Waals surface area contributed by atoms with Crippen LogP contribution in [-0.2, 0) is 4.84 Å². The van der Waals surface area contributed by atoms with E-state index in [1.807, 2.05) is 6.08 Å². The van der Waals surface area contributed by atoms with Crippen molar-refractivity contribution < 1.29 is 4.84 Å². The lowest BCUT2D eigenvalue weighted by Crippen LogP contribution is -1.99. The van der Waals surface area contributed by atoms with Gasteiger partial charge >= 0.3 is 0 Å². The molecule has 0 saturated heterocycles. The second-order valence-corrected chi connectivity index (χ2v) is 1.95. The summed E-state index contributed by atoms with van der Waals surface area (Å²) >= 11 is 0. The molecule has 0 spiro atoms. The molecule has 0 aliphatic rings. The molecule has 0 aromatic heterocycles. The van der Waals surface area contributed by atoms with Gasteiger partial charge in [-0.3, -0.25) is 10.3 Å². The van der Waals surface area contributed by atoms with Crippen LogP contribution in [0.25, 0.3) is 0 Å². The quantitative estimate of drug-likeness (QED) is 0.395. The van der Waals surface area contributed by atoms with Gasteiger partial charge in [-0.25, -0.2) is 0 Å². The van der Waals surface area contributed by atoms with E-state index in [1.54, 1.807) is 13.3 Å². The second-order valence-electron chi connectivity index (χ2n) is 1.13. The van der Waals surface area contributed by atoms with Gasteiger partial charge in [-0.15, -0.1) is 0 Å². The molecule has 0 unspecified atom stereocenters. The summed E-state index contributed by atoms with van der Waals surface area (Å²) in [5.74, 6) is 0. The summed E-state index contributed by atoms with van der Waals surface area (Å²) in [6, 6.07) is 1.18. The van der Waals surface area contributed by atoms with E-state index in [-0.39, 0.29) is 0 Å². The first kappa shape index (κ1) is 6.72. The first-order valence-corrected chi connectivity index (χ1v) is 3.76. The Morgan fingerprint density at radius 2 is 2.57 bits per heavy atom. The maximum absolute atomic E-state index is 4.52. The summed E-state index contributed by atoms with van der Waals surface area (Å²) in [5.41, 5.74) is 2.59. The zero-order chi connectivity index (χ0) is 5.54. The molecule has 0 aliphatic carbocycles. The van der Waals surface area contributed by atoms with Crippen molar-refractivity contribution in [2.24, 2.45) is 0 Å². The van der Waals surface area contributed by atoms with Gasteiger partial charge in [0.05, 0.1) is 7.11 Å². The Balaban J connectivity index is 2.78.